The maximum Gasteiger partial charge on any atom is 0.338 e. The molecule has 0 saturated heterocycles. The number of esters is 1. The Morgan fingerprint density at radius 1 is 0.909 bits per heavy atom. The summed E-state index contributed by atoms with van der Waals surface area (Å²) in [4.78, 5) is 25.0. The average Bonchev–Trinajstić information content (AvgIpc) is 2.80. The molecule has 0 bridgehead atoms. The van der Waals surface area contributed by atoms with Gasteiger partial charge in [0.25, 0.3) is 0 Å². The molecule has 3 aromatic rings. The lowest BCUT2D eigenvalue weighted by molar-refractivity contribution is -0.117. The molecule has 0 aromatic heterocycles. The quantitative estimate of drug-likeness (QED) is 0.468. The van der Waals surface area contributed by atoms with E-state index in [1.165, 1.54) is 24.3 Å². The first-order valence-corrected chi connectivity index (χ1v) is 12.0. The van der Waals surface area contributed by atoms with E-state index in [1.807, 2.05) is 37.3 Å². The minimum Gasteiger partial charge on any atom is -0.462 e. The Labute approximate surface area is 193 Å². The number of aryl methyl sites for hydroxylation is 1. The summed E-state index contributed by atoms with van der Waals surface area (Å²) in [6, 6.07) is 20.7. The number of nitrogens with one attached hydrogen (secondary N) is 2. The number of carbonyl (C=O) groups is 2. The van der Waals surface area contributed by atoms with Gasteiger partial charge in [0.2, 0.25) is 15.9 Å². The molecule has 0 heterocycles. The Balaban J connectivity index is 1.80. The molecule has 1 atom stereocenters. The third-order valence-electron chi connectivity index (χ3n) is 4.89. The molecule has 0 fully saturated rings. The molecule has 0 aliphatic carbocycles. The number of rotatable bonds is 9. The molecule has 3 aromatic carbocycles. The Bertz CT molecular complexity index is 1190. The van der Waals surface area contributed by atoms with E-state index in [1.54, 1.807) is 31.2 Å². The molecule has 7 nitrogen and oxygen atoms in total. The molecule has 0 spiro atoms. The summed E-state index contributed by atoms with van der Waals surface area (Å²) in [6.07, 6.45) is 0.165. The van der Waals surface area contributed by atoms with E-state index >= 15 is 0 Å². The number of benzene rings is 3. The molecule has 0 aliphatic heterocycles. The first kappa shape index (κ1) is 24.2. The van der Waals surface area contributed by atoms with Crippen LogP contribution < -0.4 is 10.0 Å². The highest BCUT2D eigenvalue weighted by molar-refractivity contribution is 7.89. The van der Waals surface area contributed by atoms with Gasteiger partial charge in [-0.05, 0) is 62.2 Å². The zero-order valence-electron chi connectivity index (χ0n) is 18.4. The predicted molar refractivity (Wildman–Crippen MR) is 126 cm³/mol. The van der Waals surface area contributed by atoms with Gasteiger partial charge in [-0.15, -0.1) is 0 Å². The zero-order valence-corrected chi connectivity index (χ0v) is 19.3. The van der Waals surface area contributed by atoms with Crippen molar-refractivity contribution in [1.82, 2.24) is 4.72 Å². The van der Waals surface area contributed by atoms with Crippen LogP contribution in [0.15, 0.2) is 83.8 Å². The lowest BCUT2D eigenvalue weighted by Crippen LogP contribution is -2.45. The van der Waals surface area contributed by atoms with Gasteiger partial charge >= 0.3 is 5.97 Å². The molecular formula is C25H26N2O5S. The highest BCUT2D eigenvalue weighted by Crippen LogP contribution is 2.15. The third-order valence-corrected chi connectivity index (χ3v) is 6.38. The van der Waals surface area contributed by atoms with Crippen LogP contribution in [0.3, 0.4) is 0 Å². The van der Waals surface area contributed by atoms with Gasteiger partial charge in [0.05, 0.1) is 17.1 Å². The number of ether oxygens (including phenoxy) is 1. The monoisotopic (exact) mass is 466 g/mol. The lowest BCUT2D eigenvalue weighted by atomic mass is 10.1. The summed E-state index contributed by atoms with van der Waals surface area (Å²) < 4.78 is 33.4. The Morgan fingerprint density at radius 2 is 1.55 bits per heavy atom. The molecule has 1 amide bonds. The molecule has 2 N–H and O–H groups in total. The van der Waals surface area contributed by atoms with Gasteiger partial charge in [-0.25, -0.2) is 13.2 Å². The van der Waals surface area contributed by atoms with E-state index in [4.69, 9.17) is 4.74 Å². The van der Waals surface area contributed by atoms with Crippen LogP contribution in [0.25, 0.3) is 0 Å². The van der Waals surface area contributed by atoms with Crippen LogP contribution in [0.5, 0.6) is 0 Å². The van der Waals surface area contributed by atoms with E-state index in [2.05, 4.69) is 10.0 Å². The van der Waals surface area contributed by atoms with Crippen molar-refractivity contribution in [3.8, 4) is 0 Å². The maximum absolute atomic E-state index is 13.1. The Kier molecular flexibility index (Phi) is 7.97. The number of hydrogen-bond acceptors (Lipinski definition) is 5. The normalized spacial score (nSPS) is 12.1. The standard InChI is InChI=1S/C25H26N2O5S/c1-3-32-25(29)20-11-13-21(14-12-20)26-24(28)23(17-19-7-5-4-6-8-19)27-33(30,31)22-15-9-18(2)10-16-22/h4-16,23,27H,3,17H2,1-2H3,(H,26,28). The topological polar surface area (TPSA) is 102 Å². The molecule has 0 radical (unpaired) electrons. The Morgan fingerprint density at radius 3 is 2.15 bits per heavy atom. The van der Waals surface area contributed by atoms with Crippen molar-refractivity contribution in [1.29, 1.82) is 0 Å². The minimum absolute atomic E-state index is 0.0813. The fourth-order valence-electron chi connectivity index (χ4n) is 3.14. The van der Waals surface area contributed by atoms with Crippen molar-refractivity contribution < 1.29 is 22.7 Å². The number of amides is 1. The largest absolute Gasteiger partial charge is 0.462 e. The van der Waals surface area contributed by atoms with Gasteiger partial charge in [-0.3, -0.25) is 4.79 Å². The van der Waals surface area contributed by atoms with Crippen LogP contribution in [0.2, 0.25) is 0 Å². The molecule has 0 saturated carbocycles. The number of sulfonamides is 1. The first-order chi connectivity index (χ1) is 15.8. The Hall–Kier alpha value is -3.49. The van der Waals surface area contributed by atoms with Crippen LogP contribution in [-0.2, 0) is 26.0 Å². The second-order valence-corrected chi connectivity index (χ2v) is 9.18. The summed E-state index contributed by atoms with van der Waals surface area (Å²) >= 11 is 0. The van der Waals surface area contributed by atoms with Gasteiger partial charge in [0.15, 0.2) is 0 Å². The highest BCUT2D eigenvalue weighted by atomic mass is 32.2. The zero-order chi connectivity index (χ0) is 23.8. The summed E-state index contributed by atoms with van der Waals surface area (Å²) in [6.45, 7) is 3.85. The number of hydrogen-bond donors (Lipinski definition) is 2. The molecule has 0 aliphatic rings. The first-order valence-electron chi connectivity index (χ1n) is 10.5. The van der Waals surface area contributed by atoms with Gasteiger partial charge in [0.1, 0.15) is 6.04 Å². The third kappa shape index (κ3) is 6.74. The number of carbonyl (C=O) groups excluding carboxylic acids is 2. The van der Waals surface area contributed by atoms with E-state index in [0.717, 1.165) is 11.1 Å². The van der Waals surface area contributed by atoms with E-state index in [0.29, 0.717) is 11.3 Å². The summed E-state index contributed by atoms with van der Waals surface area (Å²) in [5, 5.41) is 2.73. The van der Waals surface area contributed by atoms with Crippen LogP contribution in [0, 0.1) is 6.92 Å². The fraction of sp³-hybridized carbons (Fsp3) is 0.200. The molecule has 8 heteroatoms. The van der Waals surface area contributed by atoms with Crippen molar-refractivity contribution in [3.05, 3.63) is 95.6 Å². The van der Waals surface area contributed by atoms with Crippen molar-refractivity contribution >= 4 is 27.6 Å². The van der Waals surface area contributed by atoms with Crippen molar-refractivity contribution in [2.75, 3.05) is 11.9 Å². The number of anilines is 1. The average molecular weight is 467 g/mol. The van der Waals surface area contributed by atoms with Crippen LogP contribution >= 0.6 is 0 Å². The molecular weight excluding hydrogens is 440 g/mol. The second kappa shape index (κ2) is 10.9. The van der Waals surface area contributed by atoms with Crippen LogP contribution in [0.1, 0.15) is 28.4 Å². The van der Waals surface area contributed by atoms with E-state index < -0.39 is 27.9 Å². The highest BCUT2D eigenvalue weighted by Gasteiger charge is 2.26. The van der Waals surface area contributed by atoms with E-state index in [-0.39, 0.29) is 17.9 Å². The summed E-state index contributed by atoms with van der Waals surface area (Å²) in [5.41, 5.74) is 2.53. The summed E-state index contributed by atoms with van der Waals surface area (Å²) in [5.74, 6) is -0.971. The summed E-state index contributed by atoms with van der Waals surface area (Å²) in [7, 11) is -3.93. The van der Waals surface area contributed by atoms with Gasteiger partial charge in [0, 0.05) is 5.69 Å². The van der Waals surface area contributed by atoms with E-state index in [9.17, 15) is 18.0 Å². The van der Waals surface area contributed by atoms with Crippen LogP contribution in [0.4, 0.5) is 5.69 Å². The fourth-order valence-corrected chi connectivity index (χ4v) is 4.34. The van der Waals surface area contributed by atoms with Gasteiger partial charge < -0.3 is 10.1 Å². The molecule has 3 rings (SSSR count). The smallest absolute Gasteiger partial charge is 0.338 e. The molecule has 172 valence electrons. The van der Waals surface area contributed by atoms with Crippen molar-refractivity contribution in [3.63, 3.8) is 0 Å². The predicted octanol–water partition coefficient (Wildman–Crippen LogP) is 3.70. The van der Waals surface area contributed by atoms with Crippen molar-refractivity contribution in [2.24, 2.45) is 0 Å². The minimum atomic E-state index is -3.93. The SMILES string of the molecule is CCOC(=O)c1ccc(NC(=O)C(Cc2ccccc2)NS(=O)(=O)c2ccc(C)cc2)cc1. The van der Waals surface area contributed by atoms with Crippen LogP contribution in [-0.4, -0.2) is 32.9 Å². The molecule has 1 unspecified atom stereocenters. The lowest BCUT2D eigenvalue weighted by Gasteiger charge is -2.19. The second-order valence-electron chi connectivity index (χ2n) is 7.46. The maximum atomic E-state index is 13.1. The van der Waals surface area contributed by atoms with Gasteiger partial charge in [-0.1, -0.05) is 48.0 Å². The van der Waals surface area contributed by atoms with Crippen molar-refractivity contribution in [2.45, 2.75) is 31.2 Å². The molecule has 33 heavy (non-hydrogen) atoms. The van der Waals surface area contributed by atoms with Gasteiger partial charge in [-0.2, -0.15) is 4.72 Å².